The van der Waals surface area contributed by atoms with E-state index in [4.69, 9.17) is 16.6 Å². The van der Waals surface area contributed by atoms with E-state index in [-0.39, 0.29) is 49.5 Å². The maximum Gasteiger partial charge on any atom is 0.326 e. The summed E-state index contributed by atoms with van der Waals surface area (Å²) in [5.74, 6) is -14.7. The summed E-state index contributed by atoms with van der Waals surface area (Å²) in [5.41, 5.74) is 12.7. The van der Waals surface area contributed by atoms with Crippen LogP contribution in [0.15, 0.2) is 78.9 Å². The van der Waals surface area contributed by atoms with E-state index in [0.717, 1.165) is 0 Å². The van der Waals surface area contributed by atoms with E-state index >= 15 is 0 Å². The molecule has 0 heterocycles. The van der Waals surface area contributed by atoms with Crippen molar-refractivity contribution < 1.29 is 83.1 Å². The molecule has 10 unspecified atom stereocenters. The second-order valence-corrected chi connectivity index (χ2v) is 21.5. The molecule has 10 atom stereocenters. The van der Waals surface area contributed by atoms with Crippen LogP contribution in [0.1, 0.15) is 103 Å². The predicted octanol–water partition coefficient (Wildman–Crippen LogP) is -0.231. The van der Waals surface area contributed by atoms with Crippen LogP contribution in [0.2, 0.25) is 0 Å². The molecule has 85 heavy (non-hydrogen) atoms. The number of primary amides is 1. The molecule has 3 aromatic carbocycles. The number of carbonyl (C=O) groups is 12. The predicted molar refractivity (Wildman–Crippen MR) is 306 cm³/mol. The summed E-state index contributed by atoms with van der Waals surface area (Å²) in [7, 11) is 0. The fourth-order valence-corrected chi connectivity index (χ4v) is 8.63. The number of hydrogen-bond acceptors (Lipinski definition) is 15. The molecule has 9 amide bonds. The number of carboxylic acids is 3. The highest BCUT2D eigenvalue weighted by Gasteiger charge is 2.37. The molecule has 27 nitrogen and oxygen atoms in total. The van der Waals surface area contributed by atoms with Crippen molar-refractivity contribution in [1.82, 2.24) is 42.5 Å². The molecule has 464 valence electrons. The van der Waals surface area contributed by atoms with Crippen molar-refractivity contribution in [3.63, 3.8) is 0 Å². The Balaban J connectivity index is 2.00. The summed E-state index contributed by atoms with van der Waals surface area (Å²) in [5, 5.41) is 68.8. The number of aromatic hydroxyl groups is 2. The minimum atomic E-state index is -1.72. The van der Waals surface area contributed by atoms with Crippen LogP contribution < -0.4 is 54.0 Å². The van der Waals surface area contributed by atoms with E-state index in [2.05, 4.69) is 42.5 Å². The molecule has 0 aromatic heterocycles. The number of amides is 9. The highest BCUT2D eigenvalue weighted by molar-refractivity contribution is 5.99. The van der Waals surface area contributed by atoms with Crippen LogP contribution in [-0.2, 0) is 76.8 Å². The second-order valence-electron chi connectivity index (χ2n) is 21.5. The maximum atomic E-state index is 14.5. The zero-order valence-electron chi connectivity index (χ0n) is 48.3. The summed E-state index contributed by atoms with van der Waals surface area (Å²) in [6, 6.07) is 5.73. The minimum Gasteiger partial charge on any atom is -0.508 e. The SMILES string of the molecule is CCC(C)C(NC(=O)C(CC(N)=O)NC(=O)C(NC(=O)C(Cc1ccccc1)NC(=O)C(CC(C)C)NC(=O)C(CCC(=O)O)NC(=O)C(Cc1ccc(O)cc1)NC(=O)C(Cc1ccc(O)cc1)NC(=O)C(N)CCC(=O)O)C(C)C)C(=O)O. The monoisotopic (exact) mass is 1190 g/mol. The summed E-state index contributed by atoms with van der Waals surface area (Å²) in [6.45, 7) is 9.83. The summed E-state index contributed by atoms with van der Waals surface area (Å²) >= 11 is 0. The molecule has 27 heteroatoms. The Morgan fingerprint density at radius 3 is 1.26 bits per heavy atom. The van der Waals surface area contributed by atoms with Gasteiger partial charge in [0.05, 0.1) is 12.5 Å². The van der Waals surface area contributed by atoms with Crippen LogP contribution in [0, 0.1) is 17.8 Å². The third-order valence-corrected chi connectivity index (χ3v) is 13.6. The topological polar surface area (TPSA) is 454 Å². The summed E-state index contributed by atoms with van der Waals surface area (Å²) in [4.78, 5) is 160. The number of hydrogen-bond donors (Lipinski definition) is 15. The first kappa shape index (κ1) is 70.1. The Morgan fingerprint density at radius 1 is 0.447 bits per heavy atom. The lowest BCUT2D eigenvalue weighted by Crippen LogP contribution is -2.61. The van der Waals surface area contributed by atoms with E-state index in [9.17, 15) is 78.0 Å². The maximum absolute atomic E-state index is 14.5. The van der Waals surface area contributed by atoms with Crippen molar-refractivity contribution in [2.24, 2.45) is 29.2 Å². The van der Waals surface area contributed by atoms with Gasteiger partial charge in [0.2, 0.25) is 53.2 Å². The molecule has 0 radical (unpaired) electrons. The average molecular weight is 1190 g/mol. The fourth-order valence-electron chi connectivity index (χ4n) is 8.63. The van der Waals surface area contributed by atoms with Gasteiger partial charge in [-0.2, -0.15) is 0 Å². The van der Waals surface area contributed by atoms with Crippen LogP contribution in [0.5, 0.6) is 11.5 Å². The standard InChI is InChI=1S/C58H80N10O17/c1-7-32(6)49(58(84)85)68-56(82)44(29-45(60)71)66-57(83)48(31(4)5)67-55(81)43(26-33-11-9-8-10-12-33)65-52(78)40(25-30(2)3)63-51(77)39(22-24-47(74)75)61-53(79)42(28-35-15-19-37(70)20-16-35)64-54(80)41(27-34-13-17-36(69)18-14-34)62-50(76)38(59)21-23-46(72)73/h8-20,30-32,38-44,48-49,69-70H,7,21-29,59H2,1-6H3,(H2,60,71)(H,61,79)(H,62,76)(H,63,77)(H,64,80)(H,65,78)(H,66,83)(H,67,81)(H,68,82)(H,72,73)(H,74,75)(H,84,85). The number of nitrogens with two attached hydrogens (primary N) is 2. The van der Waals surface area contributed by atoms with Gasteiger partial charge in [-0.1, -0.05) is 103 Å². The summed E-state index contributed by atoms with van der Waals surface area (Å²) < 4.78 is 0. The first-order valence-electron chi connectivity index (χ1n) is 27.7. The van der Waals surface area contributed by atoms with E-state index in [1.165, 1.54) is 48.5 Å². The number of phenols is 2. The number of aliphatic carboxylic acids is 3. The van der Waals surface area contributed by atoms with E-state index < -0.39 is 163 Å². The van der Waals surface area contributed by atoms with Gasteiger partial charge < -0.3 is 79.5 Å². The van der Waals surface area contributed by atoms with E-state index in [1.54, 1.807) is 71.9 Å². The lowest BCUT2D eigenvalue weighted by molar-refractivity contribution is -0.144. The summed E-state index contributed by atoms with van der Waals surface area (Å²) in [6.07, 6.45) is -3.25. The first-order chi connectivity index (χ1) is 40.0. The minimum absolute atomic E-state index is 0.0927. The van der Waals surface area contributed by atoms with Crippen LogP contribution in [0.4, 0.5) is 0 Å². The van der Waals surface area contributed by atoms with Crippen molar-refractivity contribution >= 4 is 71.1 Å². The van der Waals surface area contributed by atoms with Crippen LogP contribution in [0.25, 0.3) is 0 Å². The third-order valence-electron chi connectivity index (χ3n) is 13.6. The molecule has 0 spiro atoms. The zero-order valence-corrected chi connectivity index (χ0v) is 48.3. The van der Waals surface area contributed by atoms with E-state index in [0.29, 0.717) is 23.1 Å². The molecule has 0 aliphatic carbocycles. The van der Waals surface area contributed by atoms with Gasteiger partial charge in [0.25, 0.3) is 0 Å². The van der Waals surface area contributed by atoms with Gasteiger partial charge in [-0.15, -0.1) is 0 Å². The third kappa shape index (κ3) is 24.7. The van der Waals surface area contributed by atoms with Gasteiger partial charge >= 0.3 is 17.9 Å². The van der Waals surface area contributed by atoms with Crippen molar-refractivity contribution in [3.05, 3.63) is 95.6 Å². The molecule has 0 aliphatic rings. The largest absolute Gasteiger partial charge is 0.508 e. The fraction of sp³-hybridized carbons (Fsp3) is 0.483. The van der Waals surface area contributed by atoms with Gasteiger partial charge in [0.1, 0.15) is 59.8 Å². The smallest absolute Gasteiger partial charge is 0.326 e. The molecule has 0 saturated carbocycles. The Kier molecular flexibility index (Phi) is 28.4. The van der Waals surface area contributed by atoms with Crippen molar-refractivity contribution in [2.75, 3.05) is 0 Å². The second kappa shape index (κ2) is 34.5. The number of carboxylic acid groups (broad SMARTS) is 3. The molecular formula is C58H80N10O17. The number of rotatable bonds is 36. The quantitative estimate of drug-likeness (QED) is 0.0357. The molecule has 0 fully saturated rings. The number of carbonyl (C=O) groups excluding carboxylic acids is 9. The number of benzene rings is 3. The van der Waals surface area contributed by atoms with E-state index in [1.807, 2.05) is 0 Å². The van der Waals surface area contributed by atoms with Gasteiger partial charge in [-0.05, 0) is 78.0 Å². The van der Waals surface area contributed by atoms with Crippen molar-refractivity contribution in [1.29, 1.82) is 0 Å². The Hall–Kier alpha value is -9.14. The van der Waals surface area contributed by atoms with Crippen LogP contribution in [-0.4, -0.2) is 151 Å². The van der Waals surface area contributed by atoms with Crippen LogP contribution in [0.3, 0.4) is 0 Å². The van der Waals surface area contributed by atoms with Gasteiger partial charge in [0.15, 0.2) is 0 Å². The molecule has 3 rings (SSSR count). The van der Waals surface area contributed by atoms with Crippen molar-refractivity contribution in [3.8, 4) is 11.5 Å². The van der Waals surface area contributed by atoms with Crippen molar-refractivity contribution in [2.45, 2.75) is 160 Å². The number of phenolic OH excluding ortho intramolecular Hbond substituents is 2. The first-order valence-corrected chi connectivity index (χ1v) is 27.7. The normalized spacial score (nSPS) is 14.6. The lowest BCUT2D eigenvalue weighted by atomic mass is 9.98. The Bertz CT molecular complexity index is 2800. The van der Waals surface area contributed by atoms with Crippen LogP contribution >= 0.6 is 0 Å². The van der Waals surface area contributed by atoms with Gasteiger partial charge in [-0.3, -0.25) is 52.7 Å². The molecule has 17 N–H and O–H groups in total. The molecular weight excluding hydrogens is 1110 g/mol. The highest BCUT2D eigenvalue weighted by atomic mass is 16.4. The molecule has 0 bridgehead atoms. The Labute approximate surface area is 491 Å². The lowest BCUT2D eigenvalue weighted by Gasteiger charge is -2.29. The zero-order chi connectivity index (χ0) is 63.7. The van der Waals surface area contributed by atoms with Gasteiger partial charge in [0, 0.05) is 32.1 Å². The number of nitrogens with one attached hydrogen (secondary N) is 8. The molecule has 3 aromatic rings. The average Bonchev–Trinajstić information content (AvgIpc) is 3.65. The molecule has 0 aliphatic heterocycles. The molecule has 0 saturated heterocycles. The highest BCUT2D eigenvalue weighted by Crippen LogP contribution is 2.17. The van der Waals surface area contributed by atoms with Gasteiger partial charge in [-0.25, -0.2) is 4.79 Å². The Morgan fingerprint density at radius 2 is 0.824 bits per heavy atom.